The standard InChI is InChI=1S/C13H21.C5H5.Co/c1-5-10(3)12-8-7-9-13(12)11(4)6-2;1-2-4-5-3-1;/h7-11H,5-6H2,1-4H3;1-5H;. The molecule has 10 saturated heterocycles. The normalized spacial score (nSPS) is 115. The van der Waals surface area contributed by atoms with E-state index in [0.29, 0.717) is 0 Å². The second kappa shape index (κ2) is 0.708. The molecule has 10 heterocycles. The molecule has 0 N–H and O–H groups in total. The summed E-state index contributed by atoms with van der Waals surface area (Å²) < 4.78 is 2.23. The van der Waals surface area contributed by atoms with Gasteiger partial charge in [-0.05, 0) is 0 Å². The number of fused-ring (bicyclic) bond motifs is 10. The molecule has 0 amide bonds. The van der Waals surface area contributed by atoms with Crippen LogP contribution >= 0.6 is 0 Å². The van der Waals surface area contributed by atoms with Gasteiger partial charge in [-0.2, -0.15) is 0 Å². The van der Waals surface area contributed by atoms with Crippen molar-refractivity contribution in [2.75, 3.05) is 0 Å². The molecule has 6 unspecified atom stereocenters. The van der Waals surface area contributed by atoms with Crippen molar-refractivity contribution in [1.29, 1.82) is 0 Å². The van der Waals surface area contributed by atoms with Gasteiger partial charge in [-0.3, -0.25) is 0 Å². The second-order valence-electron chi connectivity index (χ2n) is 12.1. The van der Waals surface area contributed by atoms with E-state index in [1.165, 1.54) is 51.7 Å². The Morgan fingerprint density at radius 3 is 1.32 bits per heavy atom. The van der Waals surface area contributed by atoms with E-state index in [9.17, 15) is 0 Å². The molecule has 10 aliphatic rings. The summed E-state index contributed by atoms with van der Waals surface area (Å²) in [6, 6.07) is 0. The summed E-state index contributed by atoms with van der Waals surface area (Å²) in [4.78, 5) is 12.0. The van der Waals surface area contributed by atoms with E-state index in [-0.39, 0.29) is 0 Å². The summed E-state index contributed by atoms with van der Waals surface area (Å²) in [5.41, 5.74) is 0. The third-order valence-corrected chi connectivity index (χ3v) is 58.2. The first-order chi connectivity index (χ1) is 8.90. The fourth-order valence-corrected chi connectivity index (χ4v) is 93.3. The zero-order valence-electron chi connectivity index (χ0n) is 12.5. The summed E-state index contributed by atoms with van der Waals surface area (Å²) in [5, 5.41) is 0. The van der Waals surface area contributed by atoms with Crippen molar-refractivity contribution in [2.24, 2.45) is 11.8 Å². The third-order valence-electron chi connectivity index (χ3n) is 16.9. The molecule has 0 aromatic heterocycles. The molecular formula is C18H26Co. The number of hydrogen-bond acceptors (Lipinski definition) is 0. The van der Waals surface area contributed by atoms with Crippen molar-refractivity contribution in [3.63, 3.8) is 0 Å². The Morgan fingerprint density at radius 2 is 1.11 bits per heavy atom. The van der Waals surface area contributed by atoms with Crippen molar-refractivity contribution in [3.05, 3.63) is 0 Å². The maximum atomic E-state index is 2.73. The summed E-state index contributed by atoms with van der Waals surface area (Å²) in [6.45, 7) is 10.5. The van der Waals surface area contributed by atoms with E-state index >= 15 is 0 Å². The van der Waals surface area contributed by atoms with Crippen molar-refractivity contribution in [3.8, 4) is 0 Å². The first kappa shape index (κ1) is 8.22. The van der Waals surface area contributed by atoms with Gasteiger partial charge in [0.05, 0.1) is 0 Å². The van der Waals surface area contributed by atoms with Gasteiger partial charge in [0.15, 0.2) is 0 Å². The summed E-state index contributed by atoms with van der Waals surface area (Å²) in [5.74, 6) is 2.28. The molecule has 1 spiro atoms. The van der Waals surface area contributed by atoms with Gasteiger partial charge in [-0.25, -0.2) is 0 Å². The SMILES string of the molecule is CCC(C)[C]12[CH]3[CH]4[CH]5[C]1(C(C)CC)[Co]43521678[CH]2[CH]1[CH]6[CH]7[CH]28. The molecule has 0 aromatic carbocycles. The van der Waals surface area contributed by atoms with Crippen molar-refractivity contribution in [2.45, 2.75) is 88.1 Å². The molecule has 0 bridgehead atoms. The van der Waals surface area contributed by atoms with Gasteiger partial charge in [0.1, 0.15) is 0 Å². The molecule has 10 fully saturated rings. The van der Waals surface area contributed by atoms with Crippen molar-refractivity contribution in [1.82, 2.24) is 0 Å². The van der Waals surface area contributed by atoms with Gasteiger partial charge in [-0.15, -0.1) is 0 Å². The van der Waals surface area contributed by atoms with Gasteiger partial charge < -0.3 is 0 Å². The molecular weight excluding hydrogens is 275 g/mol. The van der Waals surface area contributed by atoms with Gasteiger partial charge in [-0.1, -0.05) is 0 Å². The molecule has 6 atom stereocenters. The van der Waals surface area contributed by atoms with Crippen LogP contribution in [0.4, 0.5) is 0 Å². The average molecular weight is 301 g/mol. The summed E-state index contributed by atoms with van der Waals surface area (Å²) >= 11 is 0. The second-order valence-corrected chi connectivity index (χ2v) is 34.0. The summed E-state index contributed by atoms with van der Waals surface area (Å²) in [7, 11) is 0. The quantitative estimate of drug-likeness (QED) is 0.579. The van der Waals surface area contributed by atoms with Crippen LogP contribution in [0.3, 0.4) is 0 Å². The Hall–Kier alpha value is 0.506. The maximum absolute atomic E-state index is 2.87. The molecule has 10 aliphatic heterocycles. The molecule has 0 radical (unpaired) electrons. The molecule has 0 aliphatic carbocycles. The van der Waals surface area contributed by atoms with E-state index in [0.717, 1.165) is 20.5 Å². The van der Waals surface area contributed by atoms with Crippen LogP contribution in [0.5, 0.6) is 0 Å². The van der Waals surface area contributed by atoms with Gasteiger partial charge in [0.25, 0.3) is 0 Å². The van der Waals surface area contributed by atoms with Crippen LogP contribution in [0.2, 0.25) is 47.5 Å². The molecule has 0 saturated carbocycles. The summed E-state index contributed by atoms with van der Waals surface area (Å²) in [6.07, 6.45) is 0.167. The zero-order chi connectivity index (χ0) is 12.5. The van der Waals surface area contributed by atoms with Crippen LogP contribution < -0.4 is 0 Å². The average Bonchev–Trinajstić information content (AvgIpc) is 3.37. The first-order valence-electron chi connectivity index (χ1n) is 9.00. The van der Waals surface area contributed by atoms with Crippen molar-refractivity contribution >= 4 is 0 Å². The molecule has 0 aromatic rings. The van der Waals surface area contributed by atoms with Gasteiger partial charge >= 0.3 is 106 Å². The Labute approximate surface area is 106 Å². The molecule has 1 heteroatoms. The minimum atomic E-state index is -2.87. The predicted molar refractivity (Wildman–Crippen MR) is 74.3 cm³/mol. The fraction of sp³-hybridized carbons (Fsp3) is 1.00. The third kappa shape index (κ3) is 0.0850. The van der Waals surface area contributed by atoms with Crippen LogP contribution in [0.25, 0.3) is 0 Å². The van der Waals surface area contributed by atoms with E-state index in [1.807, 2.05) is 0 Å². The molecule has 19 heavy (non-hydrogen) atoms. The Kier molecular flexibility index (Phi) is 0.306. The van der Waals surface area contributed by atoms with Gasteiger partial charge in [0.2, 0.25) is 0 Å². The van der Waals surface area contributed by atoms with E-state index < -0.39 is 6.37 Å². The Morgan fingerprint density at radius 1 is 0.737 bits per heavy atom. The number of hydrogen-bond donors (Lipinski definition) is 0. The topological polar surface area (TPSA) is 0 Å². The fourth-order valence-electron chi connectivity index (χ4n) is 19.3. The van der Waals surface area contributed by atoms with E-state index in [4.69, 9.17) is 0 Å². The Bertz CT molecular complexity index is 933. The van der Waals surface area contributed by atoms with Crippen LogP contribution in [0.1, 0.15) is 40.5 Å². The molecule has 10 rings (SSSR count). The number of rotatable bonds is 4. The van der Waals surface area contributed by atoms with Crippen molar-refractivity contribution < 1.29 is 6.37 Å². The van der Waals surface area contributed by atoms with E-state index in [1.54, 1.807) is 0 Å². The van der Waals surface area contributed by atoms with Gasteiger partial charge in [0, 0.05) is 0 Å². The van der Waals surface area contributed by atoms with Crippen LogP contribution in [0, 0.1) is 11.8 Å². The monoisotopic (exact) mass is 301 g/mol. The van der Waals surface area contributed by atoms with Crippen LogP contribution in [-0.2, 0) is 6.37 Å². The molecule has 107 valence electrons. The zero-order valence-corrected chi connectivity index (χ0v) is 13.6. The van der Waals surface area contributed by atoms with Crippen LogP contribution in [0.15, 0.2) is 0 Å². The predicted octanol–water partition coefficient (Wildman–Crippen LogP) is 6.21. The van der Waals surface area contributed by atoms with E-state index in [2.05, 4.69) is 27.7 Å². The Balaban J connectivity index is 1.59. The first-order valence-corrected chi connectivity index (χ1v) is 14.8. The molecule has 0 nitrogen and oxygen atoms in total. The minimum absolute atomic E-state index is 1.12. The van der Waals surface area contributed by atoms with Crippen LogP contribution in [-0.4, -0.2) is 0 Å².